The van der Waals surface area contributed by atoms with E-state index in [-0.39, 0.29) is 24.8 Å². The Kier molecular flexibility index (Phi) is 7.80. The van der Waals surface area contributed by atoms with Crippen LogP contribution in [0.4, 0.5) is 0 Å². The minimum Gasteiger partial charge on any atom is -0.339 e. The van der Waals surface area contributed by atoms with Crippen molar-refractivity contribution in [3.05, 3.63) is 11.7 Å². The molecule has 1 N–H and O–H groups in total. The van der Waals surface area contributed by atoms with Crippen molar-refractivity contribution in [1.29, 1.82) is 0 Å². The maximum absolute atomic E-state index is 5.44. The molecule has 3 rings (SSSR count). The standard InChI is InChI=1S/C13H22N4O.2ClH/c1-2-4-11(5-3-1)13-15-12(16-18-13)10-17-8-6-14-7-9-17;;/h11,14H,1-10H2;2*1H. The lowest BCUT2D eigenvalue weighted by molar-refractivity contribution is 0.224. The molecular weight excluding hydrogens is 299 g/mol. The Morgan fingerprint density at radius 2 is 1.80 bits per heavy atom. The molecule has 2 heterocycles. The highest BCUT2D eigenvalue weighted by molar-refractivity contribution is 5.85. The summed E-state index contributed by atoms with van der Waals surface area (Å²) in [7, 11) is 0. The Morgan fingerprint density at radius 3 is 2.50 bits per heavy atom. The van der Waals surface area contributed by atoms with Crippen LogP contribution in [0.3, 0.4) is 0 Å². The third-order valence-corrected chi connectivity index (χ3v) is 4.01. The van der Waals surface area contributed by atoms with Crippen LogP contribution in [0, 0.1) is 0 Å². The van der Waals surface area contributed by atoms with Crippen molar-refractivity contribution < 1.29 is 4.52 Å². The molecule has 20 heavy (non-hydrogen) atoms. The van der Waals surface area contributed by atoms with Gasteiger partial charge in [-0.2, -0.15) is 4.98 Å². The van der Waals surface area contributed by atoms with E-state index in [0.717, 1.165) is 44.4 Å². The third-order valence-electron chi connectivity index (χ3n) is 4.01. The van der Waals surface area contributed by atoms with Crippen LogP contribution in [0.25, 0.3) is 0 Å². The topological polar surface area (TPSA) is 54.2 Å². The van der Waals surface area contributed by atoms with E-state index >= 15 is 0 Å². The highest BCUT2D eigenvalue weighted by atomic mass is 35.5. The van der Waals surface area contributed by atoms with E-state index in [1.165, 1.54) is 32.1 Å². The number of rotatable bonds is 3. The van der Waals surface area contributed by atoms with Crippen LogP contribution in [0.15, 0.2) is 4.52 Å². The second kappa shape index (κ2) is 8.82. The van der Waals surface area contributed by atoms with Gasteiger partial charge in [0.1, 0.15) is 0 Å². The molecule has 1 aliphatic carbocycles. The normalized spacial score (nSPS) is 21.0. The fourth-order valence-corrected chi connectivity index (χ4v) is 2.92. The Bertz CT molecular complexity index is 376. The summed E-state index contributed by atoms with van der Waals surface area (Å²) in [5.41, 5.74) is 0. The second-order valence-electron chi connectivity index (χ2n) is 5.41. The summed E-state index contributed by atoms with van der Waals surface area (Å²) in [5.74, 6) is 2.25. The predicted octanol–water partition coefficient (Wildman–Crippen LogP) is 2.37. The number of piperazine rings is 1. The molecule has 0 unspecified atom stereocenters. The molecule has 116 valence electrons. The van der Waals surface area contributed by atoms with Crippen LogP contribution < -0.4 is 5.32 Å². The zero-order chi connectivity index (χ0) is 12.2. The lowest BCUT2D eigenvalue weighted by atomic mass is 9.89. The summed E-state index contributed by atoms with van der Waals surface area (Å²) < 4.78 is 5.44. The first-order valence-corrected chi connectivity index (χ1v) is 7.17. The quantitative estimate of drug-likeness (QED) is 0.925. The van der Waals surface area contributed by atoms with Crippen molar-refractivity contribution in [2.24, 2.45) is 0 Å². The maximum atomic E-state index is 5.44. The average molecular weight is 323 g/mol. The van der Waals surface area contributed by atoms with Gasteiger partial charge in [-0.3, -0.25) is 4.90 Å². The molecule has 0 spiro atoms. The van der Waals surface area contributed by atoms with Gasteiger partial charge in [0.25, 0.3) is 0 Å². The second-order valence-corrected chi connectivity index (χ2v) is 5.41. The van der Waals surface area contributed by atoms with Gasteiger partial charge in [-0.1, -0.05) is 24.4 Å². The maximum Gasteiger partial charge on any atom is 0.229 e. The van der Waals surface area contributed by atoms with E-state index in [4.69, 9.17) is 4.52 Å². The number of halogens is 2. The summed E-state index contributed by atoms with van der Waals surface area (Å²) in [6.45, 7) is 5.11. The highest BCUT2D eigenvalue weighted by Gasteiger charge is 2.22. The van der Waals surface area contributed by atoms with Gasteiger partial charge in [0, 0.05) is 32.1 Å². The van der Waals surface area contributed by atoms with E-state index in [0.29, 0.717) is 5.92 Å². The monoisotopic (exact) mass is 322 g/mol. The molecule has 0 bridgehead atoms. The van der Waals surface area contributed by atoms with Crippen molar-refractivity contribution in [2.45, 2.75) is 44.6 Å². The zero-order valence-electron chi connectivity index (χ0n) is 11.7. The van der Waals surface area contributed by atoms with Crippen molar-refractivity contribution in [1.82, 2.24) is 20.4 Å². The van der Waals surface area contributed by atoms with Crippen LogP contribution in [0.1, 0.15) is 49.7 Å². The molecular formula is C13H24Cl2N4O. The SMILES string of the molecule is C1CCC(c2nc(CN3CCNCC3)no2)CC1.Cl.Cl. The highest BCUT2D eigenvalue weighted by Crippen LogP contribution is 2.31. The Balaban J connectivity index is 0.000001000. The molecule has 0 aromatic carbocycles. The van der Waals surface area contributed by atoms with Crippen LogP contribution >= 0.6 is 24.8 Å². The number of nitrogens with zero attached hydrogens (tertiary/aromatic N) is 3. The first kappa shape index (κ1) is 17.7. The van der Waals surface area contributed by atoms with E-state index in [1.807, 2.05) is 0 Å². The molecule has 0 atom stereocenters. The Morgan fingerprint density at radius 1 is 1.10 bits per heavy atom. The summed E-state index contributed by atoms with van der Waals surface area (Å²) in [6, 6.07) is 0. The summed E-state index contributed by atoms with van der Waals surface area (Å²) in [5, 5.41) is 7.49. The summed E-state index contributed by atoms with van der Waals surface area (Å²) in [6.07, 6.45) is 6.41. The number of hydrogen-bond donors (Lipinski definition) is 1. The first-order valence-electron chi connectivity index (χ1n) is 7.17. The van der Waals surface area contributed by atoms with Gasteiger partial charge in [-0.25, -0.2) is 0 Å². The number of nitrogens with one attached hydrogen (secondary N) is 1. The predicted molar refractivity (Wildman–Crippen MR) is 82.8 cm³/mol. The summed E-state index contributed by atoms with van der Waals surface area (Å²) >= 11 is 0. The lowest BCUT2D eigenvalue weighted by Gasteiger charge is -2.25. The Hall–Kier alpha value is -0.360. The van der Waals surface area contributed by atoms with Gasteiger partial charge in [0.15, 0.2) is 5.82 Å². The smallest absolute Gasteiger partial charge is 0.229 e. The van der Waals surface area contributed by atoms with E-state index < -0.39 is 0 Å². The van der Waals surface area contributed by atoms with E-state index in [9.17, 15) is 0 Å². The largest absolute Gasteiger partial charge is 0.339 e. The molecule has 0 radical (unpaired) electrons. The molecule has 5 nitrogen and oxygen atoms in total. The van der Waals surface area contributed by atoms with Crippen LogP contribution in [0.2, 0.25) is 0 Å². The van der Waals surface area contributed by atoms with Gasteiger partial charge in [0.2, 0.25) is 5.89 Å². The molecule has 0 amide bonds. The minimum absolute atomic E-state index is 0. The van der Waals surface area contributed by atoms with Gasteiger partial charge >= 0.3 is 0 Å². The minimum atomic E-state index is 0. The molecule has 2 fully saturated rings. The third kappa shape index (κ3) is 4.58. The fourth-order valence-electron chi connectivity index (χ4n) is 2.92. The molecule has 2 aliphatic rings. The van der Waals surface area contributed by atoms with Crippen LogP contribution in [0.5, 0.6) is 0 Å². The van der Waals surface area contributed by atoms with Gasteiger partial charge in [0.05, 0.1) is 6.54 Å². The Labute approximate surface area is 132 Å². The van der Waals surface area contributed by atoms with E-state index in [2.05, 4.69) is 20.4 Å². The molecule has 1 saturated carbocycles. The molecule has 1 saturated heterocycles. The molecule has 1 aromatic rings. The number of hydrogen-bond acceptors (Lipinski definition) is 5. The van der Waals surface area contributed by atoms with Crippen LogP contribution in [-0.4, -0.2) is 41.2 Å². The zero-order valence-corrected chi connectivity index (χ0v) is 13.3. The van der Waals surface area contributed by atoms with Crippen molar-refractivity contribution in [3.8, 4) is 0 Å². The van der Waals surface area contributed by atoms with Gasteiger partial charge < -0.3 is 9.84 Å². The molecule has 1 aliphatic heterocycles. The first-order chi connectivity index (χ1) is 8.92. The summed E-state index contributed by atoms with van der Waals surface area (Å²) in [4.78, 5) is 6.97. The van der Waals surface area contributed by atoms with Crippen LogP contribution in [-0.2, 0) is 6.54 Å². The number of aromatic nitrogens is 2. The van der Waals surface area contributed by atoms with E-state index in [1.54, 1.807) is 0 Å². The fraction of sp³-hybridized carbons (Fsp3) is 0.846. The van der Waals surface area contributed by atoms with Gasteiger partial charge in [-0.15, -0.1) is 24.8 Å². The van der Waals surface area contributed by atoms with Crippen molar-refractivity contribution >= 4 is 24.8 Å². The average Bonchev–Trinajstić information content (AvgIpc) is 2.89. The van der Waals surface area contributed by atoms with Crippen molar-refractivity contribution in [2.75, 3.05) is 26.2 Å². The molecule has 1 aromatic heterocycles. The lowest BCUT2D eigenvalue weighted by Crippen LogP contribution is -2.43. The van der Waals surface area contributed by atoms with Gasteiger partial charge in [-0.05, 0) is 12.8 Å². The molecule has 7 heteroatoms. The van der Waals surface area contributed by atoms with Crippen molar-refractivity contribution in [3.63, 3.8) is 0 Å².